The van der Waals surface area contributed by atoms with Gasteiger partial charge < -0.3 is 5.32 Å². The van der Waals surface area contributed by atoms with E-state index in [0.29, 0.717) is 5.95 Å². The van der Waals surface area contributed by atoms with Gasteiger partial charge in [0.05, 0.1) is 5.69 Å². The number of hydrogen-bond donors (Lipinski definition) is 1. The molecule has 0 aliphatic carbocycles. The molecular formula is C11H12N4. The van der Waals surface area contributed by atoms with Crippen LogP contribution in [0.2, 0.25) is 0 Å². The van der Waals surface area contributed by atoms with Crippen LogP contribution in [-0.4, -0.2) is 22.0 Å². The normalized spacial score (nSPS) is 9.93. The highest BCUT2D eigenvalue weighted by atomic mass is 15.1. The van der Waals surface area contributed by atoms with Crippen LogP contribution >= 0.6 is 0 Å². The zero-order valence-corrected chi connectivity index (χ0v) is 8.51. The van der Waals surface area contributed by atoms with E-state index < -0.39 is 0 Å². The average Bonchev–Trinajstić information content (AvgIpc) is 2.31. The van der Waals surface area contributed by atoms with Crippen molar-refractivity contribution in [3.05, 3.63) is 48.0 Å². The lowest BCUT2D eigenvalue weighted by Crippen LogP contribution is -2.00. The third kappa shape index (κ3) is 2.49. The third-order valence-corrected chi connectivity index (χ3v) is 2.03. The lowest BCUT2D eigenvalue weighted by molar-refractivity contribution is 0.987. The highest BCUT2D eigenvalue weighted by molar-refractivity contribution is 5.25. The highest BCUT2D eigenvalue weighted by Gasteiger charge is 1.99. The van der Waals surface area contributed by atoms with Gasteiger partial charge in [-0.3, -0.25) is 4.98 Å². The molecule has 0 spiro atoms. The third-order valence-electron chi connectivity index (χ3n) is 2.03. The Morgan fingerprint density at radius 1 is 1.07 bits per heavy atom. The minimum absolute atomic E-state index is 0.642. The van der Waals surface area contributed by atoms with Crippen LogP contribution in [-0.2, 0) is 6.42 Å². The number of rotatable bonds is 3. The van der Waals surface area contributed by atoms with E-state index in [9.17, 15) is 0 Å². The summed E-state index contributed by atoms with van der Waals surface area (Å²) in [5.41, 5.74) is 1.98. The molecule has 0 atom stereocenters. The summed E-state index contributed by atoms with van der Waals surface area (Å²) in [6.45, 7) is 0. The van der Waals surface area contributed by atoms with Gasteiger partial charge >= 0.3 is 0 Å². The van der Waals surface area contributed by atoms with Gasteiger partial charge in [-0.25, -0.2) is 9.97 Å². The van der Waals surface area contributed by atoms with Gasteiger partial charge in [0.15, 0.2) is 0 Å². The maximum absolute atomic E-state index is 4.32. The molecule has 0 aliphatic rings. The van der Waals surface area contributed by atoms with E-state index in [-0.39, 0.29) is 0 Å². The number of hydrogen-bond acceptors (Lipinski definition) is 4. The summed E-state index contributed by atoms with van der Waals surface area (Å²) < 4.78 is 0. The molecule has 0 aromatic carbocycles. The molecule has 0 unspecified atom stereocenters. The van der Waals surface area contributed by atoms with Crippen molar-refractivity contribution in [2.24, 2.45) is 0 Å². The first-order chi connectivity index (χ1) is 7.38. The van der Waals surface area contributed by atoms with E-state index in [1.54, 1.807) is 19.4 Å². The van der Waals surface area contributed by atoms with Crippen LogP contribution in [0.4, 0.5) is 5.95 Å². The summed E-state index contributed by atoms with van der Waals surface area (Å²) >= 11 is 0. The molecule has 0 aliphatic heterocycles. The molecule has 4 heteroatoms. The molecule has 1 N–H and O–H groups in total. The summed E-state index contributed by atoms with van der Waals surface area (Å²) in [6.07, 6.45) is 4.27. The van der Waals surface area contributed by atoms with E-state index in [1.165, 1.54) is 0 Å². The highest BCUT2D eigenvalue weighted by Crippen LogP contribution is 2.05. The van der Waals surface area contributed by atoms with Gasteiger partial charge in [0.25, 0.3) is 0 Å². The largest absolute Gasteiger partial charge is 0.357 e. The lowest BCUT2D eigenvalue weighted by Gasteiger charge is -2.02. The molecule has 0 fully saturated rings. The summed E-state index contributed by atoms with van der Waals surface area (Å²) in [4.78, 5) is 12.6. The molecule has 4 nitrogen and oxygen atoms in total. The Kier molecular flexibility index (Phi) is 2.88. The van der Waals surface area contributed by atoms with Crippen LogP contribution in [0.5, 0.6) is 0 Å². The van der Waals surface area contributed by atoms with Crippen molar-refractivity contribution < 1.29 is 0 Å². The first-order valence-corrected chi connectivity index (χ1v) is 4.78. The second-order valence-corrected chi connectivity index (χ2v) is 3.12. The van der Waals surface area contributed by atoms with Crippen LogP contribution < -0.4 is 5.32 Å². The molecule has 2 rings (SSSR count). The summed E-state index contributed by atoms with van der Waals surface area (Å²) in [5.74, 6) is 0.642. The maximum atomic E-state index is 4.32. The van der Waals surface area contributed by atoms with E-state index in [4.69, 9.17) is 0 Å². The van der Waals surface area contributed by atoms with Crippen LogP contribution in [0.25, 0.3) is 0 Å². The monoisotopic (exact) mass is 200 g/mol. The van der Waals surface area contributed by atoms with Crippen molar-refractivity contribution in [3.8, 4) is 0 Å². The number of nitrogens with one attached hydrogen (secondary N) is 1. The number of nitrogens with zero attached hydrogens (tertiary/aromatic N) is 3. The molecule has 0 saturated heterocycles. The first-order valence-electron chi connectivity index (χ1n) is 4.78. The van der Waals surface area contributed by atoms with Crippen molar-refractivity contribution in [1.29, 1.82) is 0 Å². The predicted molar refractivity (Wildman–Crippen MR) is 58.6 cm³/mol. The van der Waals surface area contributed by atoms with E-state index in [0.717, 1.165) is 17.8 Å². The molecule has 15 heavy (non-hydrogen) atoms. The maximum Gasteiger partial charge on any atom is 0.222 e. The summed E-state index contributed by atoms with van der Waals surface area (Å²) in [6, 6.07) is 7.77. The molecule has 0 amide bonds. The summed E-state index contributed by atoms with van der Waals surface area (Å²) in [7, 11) is 1.81. The standard InChI is InChI=1S/C11H12N4/c1-12-11-14-7-5-10(15-11)8-9-4-2-3-6-13-9/h2-7H,8H2,1H3,(H,12,14,15). The first kappa shape index (κ1) is 9.58. The van der Waals surface area contributed by atoms with E-state index in [2.05, 4.69) is 20.3 Å². The molecule has 0 saturated carbocycles. The van der Waals surface area contributed by atoms with Crippen LogP contribution in [0.3, 0.4) is 0 Å². The minimum Gasteiger partial charge on any atom is -0.357 e. The fourth-order valence-electron chi connectivity index (χ4n) is 1.30. The van der Waals surface area contributed by atoms with Gasteiger partial charge in [-0.05, 0) is 18.2 Å². The van der Waals surface area contributed by atoms with Gasteiger partial charge in [-0.1, -0.05) is 6.07 Å². The van der Waals surface area contributed by atoms with Crippen molar-refractivity contribution in [2.75, 3.05) is 12.4 Å². The Morgan fingerprint density at radius 3 is 2.73 bits per heavy atom. The van der Waals surface area contributed by atoms with Gasteiger partial charge in [0.1, 0.15) is 0 Å². The van der Waals surface area contributed by atoms with Crippen molar-refractivity contribution in [3.63, 3.8) is 0 Å². The lowest BCUT2D eigenvalue weighted by atomic mass is 10.2. The zero-order valence-electron chi connectivity index (χ0n) is 8.51. The fraction of sp³-hybridized carbons (Fsp3) is 0.182. The molecule has 2 aromatic rings. The van der Waals surface area contributed by atoms with E-state index >= 15 is 0 Å². The fourth-order valence-corrected chi connectivity index (χ4v) is 1.30. The second-order valence-electron chi connectivity index (χ2n) is 3.12. The van der Waals surface area contributed by atoms with Crippen LogP contribution in [0.15, 0.2) is 36.7 Å². The van der Waals surface area contributed by atoms with Crippen molar-refractivity contribution in [1.82, 2.24) is 15.0 Å². The van der Waals surface area contributed by atoms with Crippen LogP contribution in [0.1, 0.15) is 11.4 Å². The second kappa shape index (κ2) is 4.50. The van der Waals surface area contributed by atoms with Gasteiger partial charge in [0, 0.05) is 31.6 Å². The Labute approximate surface area is 88.4 Å². The van der Waals surface area contributed by atoms with Gasteiger partial charge in [-0.2, -0.15) is 0 Å². The predicted octanol–water partition coefficient (Wildman–Crippen LogP) is 1.50. The molecule has 0 bridgehead atoms. The quantitative estimate of drug-likeness (QED) is 0.815. The molecule has 2 heterocycles. The SMILES string of the molecule is CNc1nccc(Cc2ccccn2)n1. The number of anilines is 1. The number of aromatic nitrogens is 3. The molecule has 0 radical (unpaired) electrons. The molecule has 2 aromatic heterocycles. The Hall–Kier alpha value is -1.97. The Bertz CT molecular complexity index is 428. The summed E-state index contributed by atoms with van der Waals surface area (Å²) in [5, 5.41) is 2.91. The van der Waals surface area contributed by atoms with Crippen LogP contribution in [0, 0.1) is 0 Å². The smallest absolute Gasteiger partial charge is 0.222 e. The topological polar surface area (TPSA) is 50.7 Å². The van der Waals surface area contributed by atoms with Gasteiger partial charge in [-0.15, -0.1) is 0 Å². The van der Waals surface area contributed by atoms with Crippen molar-refractivity contribution >= 4 is 5.95 Å². The zero-order chi connectivity index (χ0) is 10.5. The number of pyridine rings is 1. The van der Waals surface area contributed by atoms with E-state index in [1.807, 2.05) is 24.3 Å². The molecular weight excluding hydrogens is 188 g/mol. The Balaban J connectivity index is 2.17. The minimum atomic E-state index is 0.642. The average molecular weight is 200 g/mol. The molecule has 76 valence electrons. The van der Waals surface area contributed by atoms with Gasteiger partial charge in [0.2, 0.25) is 5.95 Å². The van der Waals surface area contributed by atoms with Crippen molar-refractivity contribution in [2.45, 2.75) is 6.42 Å². The Morgan fingerprint density at radius 2 is 2.00 bits per heavy atom.